The van der Waals surface area contributed by atoms with Crippen molar-refractivity contribution in [1.82, 2.24) is 4.98 Å². The Morgan fingerprint density at radius 1 is 1.50 bits per heavy atom. The van der Waals surface area contributed by atoms with Crippen molar-refractivity contribution in [3.8, 4) is 0 Å². The number of hydrogen-bond donors (Lipinski definition) is 2. The third-order valence-electron chi connectivity index (χ3n) is 2.57. The third kappa shape index (κ3) is 2.81. The van der Waals surface area contributed by atoms with Gasteiger partial charge in [-0.1, -0.05) is 6.08 Å². The summed E-state index contributed by atoms with van der Waals surface area (Å²) in [5.41, 5.74) is 3.00. The van der Waals surface area contributed by atoms with Crippen LogP contribution in [-0.2, 0) is 11.3 Å². The minimum atomic E-state index is 0.0282. The number of rotatable bonds is 4. The summed E-state index contributed by atoms with van der Waals surface area (Å²) in [5.74, 6) is 0. The highest BCUT2D eigenvalue weighted by atomic mass is 16.5. The molecule has 4 nitrogen and oxygen atoms in total. The van der Waals surface area contributed by atoms with E-state index >= 15 is 0 Å². The fourth-order valence-electron chi connectivity index (χ4n) is 1.66. The topological polar surface area (TPSA) is 54.4 Å². The molecule has 2 N–H and O–H groups in total. The molecule has 0 saturated heterocycles. The molecule has 2 rings (SSSR count). The normalized spacial score (nSPS) is 15.7. The van der Waals surface area contributed by atoms with Crippen molar-refractivity contribution in [2.45, 2.75) is 13.0 Å². The third-order valence-corrected chi connectivity index (χ3v) is 2.57. The van der Waals surface area contributed by atoms with Crippen molar-refractivity contribution in [1.29, 1.82) is 0 Å². The molecule has 1 aliphatic rings. The van der Waals surface area contributed by atoms with Gasteiger partial charge in [-0.3, -0.25) is 4.98 Å². The lowest BCUT2D eigenvalue weighted by Crippen LogP contribution is -2.14. The Bertz CT molecular complexity index is 377. The van der Waals surface area contributed by atoms with Crippen LogP contribution in [0.4, 0.5) is 5.69 Å². The van der Waals surface area contributed by atoms with E-state index in [4.69, 9.17) is 9.84 Å². The number of nitrogens with zero attached hydrogens (tertiary/aromatic N) is 1. The quantitative estimate of drug-likeness (QED) is 0.752. The number of aromatic nitrogens is 1. The number of aliphatic hydroxyl groups is 1. The van der Waals surface area contributed by atoms with Crippen molar-refractivity contribution in [3.63, 3.8) is 0 Å². The summed E-state index contributed by atoms with van der Waals surface area (Å²) in [6, 6.07) is 1.81. The van der Waals surface area contributed by atoms with Gasteiger partial charge < -0.3 is 15.2 Å². The number of ether oxygens (including phenoxy) is 1. The fourth-order valence-corrected chi connectivity index (χ4v) is 1.66. The standard InChI is InChI=1S/C12H16N2O2/c15-8-11-3-4-13-7-12(11)14-6-10-2-1-5-16-9-10/h2-4,7,14-15H,1,5-6,8-9H2. The SMILES string of the molecule is OCc1ccncc1NCC1=CCCOC1. The first kappa shape index (κ1) is 11.1. The maximum Gasteiger partial charge on any atom is 0.0703 e. The molecule has 16 heavy (non-hydrogen) atoms. The van der Waals surface area contributed by atoms with E-state index in [1.54, 1.807) is 12.4 Å². The zero-order valence-electron chi connectivity index (χ0n) is 9.15. The second-order valence-electron chi connectivity index (χ2n) is 3.75. The minimum Gasteiger partial charge on any atom is -0.392 e. The predicted molar refractivity (Wildman–Crippen MR) is 62.2 cm³/mol. The summed E-state index contributed by atoms with van der Waals surface area (Å²) in [7, 11) is 0. The van der Waals surface area contributed by atoms with Crippen LogP contribution in [0.15, 0.2) is 30.1 Å². The van der Waals surface area contributed by atoms with Gasteiger partial charge in [-0.15, -0.1) is 0 Å². The zero-order chi connectivity index (χ0) is 11.2. The summed E-state index contributed by atoms with van der Waals surface area (Å²) >= 11 is 0. The molecule has 1 aromatic rings. The van der Waals surface area contributed by atoms with Crippen LogP contribution >= 0.6 is 0 Å². The number of hydrogen-bond acceptors (Lipinski definition) is 4. The molecule has 0 fully saturated rings. The summed E-state index contributed by atoms with van der Waals surface area (Å²) in [6.45, 7) is 2.29. The average Bonchev–Trinajstić information content (AvgIpc) is 2.38. The van der Waals surface area contributed by atoms with Crippen molar-refractivity contribution in [2.75, 3.05) is 25.1 Å². The zero-order valence-corrected chi connectivity index (χ0v) is 9.15. The molecule has 1 aromatic heterocycles. The molecular weight excluding hydrogens is 204 g/mol. The molecule has 86 valence electrons. The van der Waals surface area contributed by atoms with Crippen LogP contribution in [0.5, 0.6) is 0 Å². The van der Waals surface area contributed by atoms with Crippen LogP contribution in [-0.4, -0.2) is 29.8 Å². The highest BCUT2D eigenvalue weighted by Crippen LogP contribution is 2.14. The van der Waals surface area contributed by atoms with Gasteiger partial charge in [-0.2, -0.15) is 0 Å². The molecule has 4 heteroatoms. The van der Waals surface area contributed by atoms with Gasteiger partial charge in [0.15, 0.2) is 0 Å². The van der Waals surface area contributed by atoms with E-state index in [-0.39, 0.29) is 6.61 Å². The van der Waals surface area contributed by atoms with E-state index in [1.807, 2.05) is 6.07 Å². The fraction of sp³-hybridized carbons (Fsp3) is 0.417. The molecule has 0 spiro atoms. The van der Waals surface area contributed by atoms with E-state index in [0.29, 0.717) is 6.61 Å². The summed E-state index contributed by atoms with van der Waals surface area (Å²) in [4.78, 5) is 4.03. The Labute approximate surface area is 95.0 Å². The van der Waals surface area contributed by atoms with E-state index in [0.717, 1.165) is 30.8 Å². The molecule has 0 saturated carbocycles. The maximum atomic E-state index is 9.15. The first-order valence-electron chi connectivity index (χ1n) is 5.43. The van der Waals surface area contributed by atoms with Gasteiger partial charge in [-0.05, 0) is 18.1 Å². The second kappa shape index (κ2) is 5.63. The van der Waals surface area contributed by atoms with Gasteiger partial charge in [0, 0.05) is 18.3 Å². The van der Waals surface area contributed by atoms with Crippen LogP contribution in [0.1, 0.15) is 12.0 Å². The predicted octanol–water partition coefficient (Wildman–Crippen LogP) is 1.33. The molecule has 0 amide bonds. The largest absolute Gasteiger partial charge is 0.392 e. The van der Waals surface area contributed by atoms with Gasteiger partial charge in [-0.25, -0.2) is 0 Å². The molecule has 0 aromatic carbocycles. The molecule has 0 radical (unpaired) electrons. The van der Waals surface area contributed by atoms with Crippen molar-refractivity contribution in [2.24, 2.45) is 0 Å². The van der Waals surface area contributed by atoms with E-state index < -0.39 is 0 Å². The molecule has 2 heterocycles. The first-order valence-corrected chi connectivity index (χ1v) is 5.43. The Balaban J connectivity index is 1.96. The van der Waals surface area contributed by atoms with Crippen LogP contribution in [0, 0.1) is 0 Å². The summed E-state index contributed by atoms with van der Waals surface area (Å²) in [6.07, 6.45) is 6.60. The first-order chi connectivity index (χ1) is 7.90. The lowest BCUT2D eigenvalue weighted by atomic mass is 10.2. The Kier molecular flexibility index (Phi) is 3.91. The van der Waals surface area contributed by atoms with Gasteiger partial charge in [0.05, 0.1) is 31.7 Å². The summed E-state index contributed by atoms with van der Waals surface area (Å²) in [5, 5.41) is 12.4. The van der Waals surface area contributed by atoms with Gasteiger partial charge in [0.1, 0.15) is 0 Å². The average molecular weight is 220 g/mol. The highest BCUT2D eigenvalue weighted by molar-refractivity contribution is 5.49. The lowest BCUT2D eigenvalue weighted by Gasteiger charge is -2.15. The molecule has 1 aliphatic heterocycles. The molecule has 0 atom stereocenters. The van der Waals surface area contributed by atoms with Crippen LogP contribution in [0.2, 0.25) is 0 Å². The number of anilines is 1. The smallest absolute Gasteiger partial charge is 0.0703 e. The number of nitrogens with one attached hydrogen (secondary N) is 1. The van der Waals surface area contributed by atoms with Crippen LogP contribution in [0.3, 0.4) is 0 Å². The monoisotopic (exact) mass is 220 g/mol. The highest BCUT2D eigenvalue weighted by Gasteiger charge is 2.05. The van der Waals surface area contributed by atoms with Crippen molar-refractivity contribution < 1.29 is 9.84 Å². The van der Waals surface area contributed by atoms with E-state index in [2.05, 4.69) is 16.4 Å². The Morgan fingerprint density at radius 3 is 3.19 bits per heavy atom. The van der Waals surface area contributed by atoms with E-state index in [1.165, 1.54) is 5.57 Å². The van der Waals surface area contributed by atoms with Crippen molar-refractivity contribution in [3.05, 3.63) is 35.7 Å². The Morgan fingerprint density at radius 2 is 2.44 bits per heavy atom. The Hall–Kier alpha value is -1.39. The molecule has 0 unspecified atom stereocenters. The second-order valence-corrected chi connectivity index (χ2v) is 3.75. The van der Waals surface area contributed by atoms with Crippen LogP contribution < -0.4 is 5.32 Å². The molecule has 0 bridgehead atoms. The van der Waals surface area contributed by atoms with Gasteiger partial charge in [0.25, 0.3) is 0 Å². The van der Waals surface area contributed by atoms with Gasteiger partial charge in [0.2, 0.25) is 0 Å². The number of pyridine rings is 1. The molecule has 0 aliphatic carbocycles. The van der Waals surface area contributed by atoms with Gasteiger partial charge >= 0.3 is 0 Å². The maximum absolute atomic E-state index is 9.15. The lowest BCUT2D eigenvalue weighted by molar-refractivity contribution is 0.150. The minimum absolute atomic E-state index is 0.0282. The number of aliphatic hydroxyl groups excluding tert-OH is 1. The van der Waals surface area contributed by atoms with Crippen molar-refractivity contribution >= 4 is 5.69 Å². The van der Waals surface area contributed by atoms with E-state index in [9.17, 15) is 0 Å². The van der Waals surface area contributed by atoms with Crippen LogP contribution in [0.25, 0.3) is 0 Å². The molecular formula is C12H16N2O2. The summed E-state index contributed by atoms with van der Waals surface area (Å²) < 4.78 is 5.35.